The number of methoxy groups -OCH3 is 3. The number of nitrogens with zero attached hydrogens (tertiary/aromatic N) is 2. The van der Waals surface area contributed by atoms with Crippen LogP contribution >= 0.6 is 36.2 Å². The Morgan fingerprint density at radius 3 is 2.00 bits per heavy atom. The van der Waals surface area contributed by atoms with Crippen LogP contribution in [0, 0.1) is 6.92 Å². The van der Waals surface area contributed by atoms with E-state index in [1.165, 1.54) is 38.7 Å². The maximum atomic E-state index is 12.9. The number of nitrogens with one attached hydrogen (secondary N) is 2. The highest BCUT2D eigenvalue weighted by molar-refractivity contribution is 7.16. The molecule has 0 fully saturated rings. The van der Waals surface area contributed by atoms with Crippen molar-refractivity contribution < 1.29 is 23.8 Å². The smallest absolute Gasteiger partial charge is 0.271 e. The van der Waals surface area contributed by atoms with E-state index in [1.807, 2.05) is 0 Å². The van der Waals surface area contributed by atoms with Gasteiger partial charge in [-0.05, 0) is 34.6 Å². The SMILES string of the molecule is COc1cc(OC)c(C(=O)Nc2nc(C(=O)NCCN(C(C)C)C(C)C)c(C)s2)cc1OC.Cl.Cl. The third kappa shape index (κ3) is 8.42. The van der Waals surface area contributed by atoms with Crippen LogP contribution in [0.4, 0.5) is 5.13 Å². The lowest BCUT2D eigenvalue weighted by molar-refractivity contribution is 0.0933. The topological polar surface area (TPSA) is 102 Å². The molecule has 198 valence electrons. The predicted octanol–water partition coefficient (Wildman–Crippen LogP) is 4.42. The fourth-order valence-electron chi connectivity index (χ4n) is 3.53. The number of hydrogen-bond acceptors (Lipinski definition) is 8. The molecule has 1 aromatic heterocycles. The Balaban J connectivity index is 0.00000578. The van der Waals surface area contributed by atoms with E-state index in [9.17, 15) is 9.59 Å². The van der Waals surface area contributed by atoms with Crippen molar-refractivity contribution in [1.29, 1.82) is 0 Å². The van der Waals surface area contributed by atoms with Crippen LogP contribution in [0.2, 0.25) is 0 Å². The van der Waals surface area contributed by atoms with Crippen molar-refractivity contribution in [3.63, 3.8) is 0 Å². The van der Waals surface area contributed by atoms with Crippen molar-refractivity contribution >= 4 is 53.1 Å². The molecule has 9 nitrogen and oxygen atoms in total. The van der Waals surface area contributed by atoms with Gasteiger partial charge in [0.1, 0.15) is 11.4 Å². The lowest BCUT2D eigenvalue weighted by Gasteiger charge is -2.30. The number of hydrogen-bond donors (Lipinski definition) is 2. The monoisotopic (exact) mass is 550 g/mol. The largest absolute Gasteiger partial charge is 0.496 e. The average molecular weight is 552 g/mol. The number of aryl methyl sites for hydroxylation is 1. The molecule has 1 heterocycles. The third-order valence-electron chi connectivity index (χ3n) is 5.16. The van der Waals surface area contributed by atoms with Crippen LogP contribution in [0.25, 0.3) is 0 Å². The standard InChI is InChI=1S/C23H34N4O5S.2ClH/c1-13(2)27(14(3)4)10-9-24-22(29)20-15(5)33-23(25-20)26-21(28)16-11-18(31-7)19(32-8)12-17(16)30-6;;/h11-14H,9-10H2,1-8H3,(H,24,29)(H,25,26,28);2*1H. The van der Waals surface area contributed by atoms with Crippen LogP contribution in [-0.4, -0.2) is 68.2 Å². The molecule has 0 aliphatic heterocycles. The van der Waals surface area contributed by atoms with Crippen molar-refractivity contribution in [3.05, 3.63) is 28.3 Å². The fourth-order valence-corrected chi connectivity index (χ4v) is 4.33. The van der Waals surface area contributed by atoms with Gasteiger partial charge in [-0.25, -0.2) is 4.98 Å². The molecule has 35 heavy (non-hydrogen) atoms. The zero-order valence-corrected chi connectivity index (χ0v) is 23.8. The minimum atomic E-state index is -0.432. The Bertz CT molecular complexity index is 977. The molecule has 0 radical (unpaired) electrons. The van der Waals surface area contributed by atoms with Gasteiger partial charge in [-0.2, -0.15) is 0 Å². The lowest BCUT2D eigenvalue weighted by atomic mass is 10.1. The average Bonchev–Trinajstić information content (AvgIpc) is 3.14. The van der Waals surface area contributed by atoms with E-state index in [0.29, 0.717) is 51.6 Å². The Kier molecular flexibility index (Phi) is 14.0. The molecule has 0 spiro atoms. The number of rotatable bonds is 11. The van der Waals surface area contributed by atoms with Crippen molar-refractivity contribution in [2.24, 2.45) is 0 Å². The number of ether oxygens (including phenoxy) is 3. The number of benzene rings is 1. The first-order valence-corrected chi connectivity index (χ1v) is 11.6. The zero-order chi connectivity index (χ0) is 24.7. The number of halogens is 2. The van der Waals surface area contributed by atoms with Gasteiger partial charge in [0.25, 0.3) is 11.8 Å². The molecule has 0 unspecified atom stereocenters. The van der Waals surface area contributed by atoms with E-state index < -0.39 is 5.91 Å². The summed E-state index contributed by atoms with van der Waals surface area (Å²) in [5, 5.41) is 6.00. The number of carbonyl (C=O) groups excluding carboxylic acids is 2. The Morgan fingerprint density at radius 2 is 1.49 bits per heavy atom. The first kappa shape index (κ1) is 32.7. The van der Waals surface area contributed by atoms with E-state index in [4.69, 9.17) is 14.2 Å². The minimum Gasteiger partial charge on any atom is -0.496 e. The first-order valence-electron chi connectivity index (χ1n) is 10.8. The van der Waals surface area contributed by atoms with Crippen molar-refractivity contribution in [2.45, 2.75) is 46.7 Å². The maximum Gasteiger partial charge on any atom is 0.271 e. The minimum absolute atomic E-state index is 0. The van der Waals surface area contributed by atoms with Gasteiger partial charge < -0.3 is 19.5 Å². The molecule has 1 aromatic carbocycles. The maximum absolute atomic E-state index is 12.9. The van der Waals surface area contributed by atoms with Crippen LogP contribution in [0.1, 0.15) is 53.4 Å². The normalized spacial score (nSPS) is 10.5. The molecular weight excluding hydrogens is 515 g/mol. The van der Waals surface area contributed by atoms with Gasteiger partial charge in [-0.3, -0.25) is 19.8 Å². The predicted molar refractivity (Wildman–Crippen MR) is 145 cm³/mol. The number of aromatic nitrogens is 1. The van der Waals surface area contributed by atoms with Gasteiger partial charge in [0.15, 0.2) is 16.6 Å². The summed E-state index contributed by atoms with van der Waals surface area (Å²) in [4.78, 5) is 32.9. The summed E-state index contributed by atoms with van der Waals surface area (Å²) in [5.41, 5.74) is 0.562. The number of carbonyl (C=O) groups is 2. The molecule has 0 atom stereocenters. The van der Waals surface area contributed by atoms with Crippen LogP contribution in [0.15, 0.2) is 12.1 Å². The van der Waals surface area contributed by atoms with Crippen molar-refractivity contribution in [1.82, 2.24) is 15.2 Å². The Morgan fingerprint density at radius 1 is 0.943 bits per heavy atom. The Labute approximate surface area is 223 Å². The van der Waals surface area contributed by atoms with Gasteiger partial charge in [-0.1, -0.05) is 0 Å². The van der Waals surface area contributed by atoms with Crippen molar-refractivity contribution in [2.75, 3.05) is 39.7 Å². The quantitative estimate of drug-likeness (QED) is 0.426. The molecule has 0 aliphatic carbocycles. The summed E-state index contributed by atoms with van der Waals surface area (Å²) in [5.74, 6) is 0.480. The molecule has 0 bridgehead atoms. The van der Waals surface area contributed by atoms with Crippen LogP contribution in [0.3, 0.4) is 0 Å². The molecule has 0 saturated heterocycles. The fraction of sp³-hybridized carbons (Fsp3) is 0.522. The van der Waals surface area contributed by atoms with Crippen LogP contribution < -0.4 is 24.8 Å². The Hall–Kier alpha value is -2.27. The molecule has 0 saturated carbocycles. The summed E-state index contributed by atoms with van der Waals surface area (Å²) >= 11 is 1.24. The van der Waals surface area contributed by atoms with Gasteiger partial charge >= 0.3 is 0 Å². The summed E-state index contributed by atoms with van der Waals surface area (Å²) in [6, 6.07) is 3.89. The second-order valence-corrected chi connectivity index (χ2v) is 9.17. The molecule has 12 heteroatoms. The van der Waals surface area contributed by atoms with Gasteiger partial charge in [0, 0.05) is 42.2 Å². The highest BCUT2D eigenvalue weighted by atomic mass is 35.5. The van der Waals surface area contributed by atoms with E-state index in [-0.39, 0.29) is 36.3 Å². The lowest BCUT2D eigenvalue weighted by Crippen LogP contribution is -2.42. The van der Waals surface area contributed by atoms with E-state index in [1.54, 1.807) is 13.0 Å². The number of amides is 2. The van der Waals surface area contributed by atoms with E-state index in [0.717, 1.165) is 6.54 Å². The summed E-state index contributed by atoms with van der Waals surface area (Å²) in [6.45, 7) is 11.6. The zero-order valence-electron chi connectivity index (χ0n) is 21.4. The summed E-state index contributed by atoms with van der Waals surface area (Å²) in [6.07, 6.45) is 0. The summed E-state index contributed by atoms with van der Waals surface area (Å²) in [7, 11) is 4.46. The molecule has 2 rings (SSSR count). The molecule has 2 aromatic rings. The highest BCUT2D eigenvalue weighted by Gasteiger charge is 2.21. The number of thiazole rings is 1. The highest BCUT2D eigenvalue weighted by Crippen LogP contribution is 2.35. The molecular formula is C23H36Cl2N4O5S. The molecule has 2 amide bonds. The second-order valence-electron chi connectivity index (χ2n) is 7.97. The van der Waals surface area contributed by atoms with Crippen LogP contribution in [0.5, 0.6) is 17.2 Å². The molecule has 0 aliphatic rings. The van der Waals surface area contributed by atoms with Gasteiger partial charge in [0.05, 0.1) is 26.9 Å². The van der Waals surface area contributed by atoms with E-state index >= 15 is 0 Å². The molecule has 2 N–H and O–H groups in total. The van der Waals surface area contributed by atoms with Gasteiger partial charge in [0.2, 0.25) is 0 Å². The number of anilines is 1. The first-order chi connectivity index (χ1) is 15.6. The van der Waals surface area contributed by atoms with Gasteiger partial charge in [-0.15, -0.1) is 36.2 Å². The van der Waals surface area contributed by atoms with Crippen LogP contribution in [-0.2, 0) is 0 Å². The van der Waals surface area contributed by atoms with E-state index in [2.05, 4.69) is 48.2 Å². The van der Waals surface area contributed by atoms with Crippen molar-refractivity contribution in [3.8, 4) is 17.2 Å². The third-order valence-corrected chi connectivity index (χ3v) is 6.05. The second kappa shape index (κ2) is 15.0. The summed E-state index contributed by atoms with van der Waals surface area (Å²) < 4.78 is 15.9.